The molecule has 1 unspecified atom stereocenters. The molecule has 0 aliphatic carbocycles. The number of hydrogen-bond acceptors (Lipinski definition) is 3. The van der Waals surface area contributed by atoms with Crippen molar-refractivity contribution in [3.63, 3.8) is 0 Å². The maximum atomic E-state index is 12.0. The second kappa shape index (κ2) is 8.91. The fourth-order valence-corrected chi connectivity index (χ4v) is 3.76. The molecule has 5 nitrogen and oxygen atoms in total. The quantitative estimate of drug-likeness (QED) is 0.723. The predicted octanol–water partition coefficient (Wildman–Crippen LogP) is 4.82. The van der Waals surface area contributed by atoms with Gasteiger partial charge in [-0.2, -0.15) is 0 Å². The van der Waals surface area contributed by atoms with E-state index >= 15 is 0 Å². The van der Waals surface area contributed by atoms with Crippen molar-refractivity contribution in [2.24, 2.45) is 0 Å². The van der Waals surface area contributed by atoms with Crippen LogP contribution in [0.25, 0.3) is 0 Å². The Labute approximate surface area is 166 Å². The first kappa shape index (κ1) is 19.9. The summed E-state index contributed by atoms with van der Waals surface area (Å²) < 4.78 is 0. The number of rotatable bonds is 7. The number of aryl methyl sites for hydroxylation is 1. The standard InChI is InChI=1S/C23H28N2O3/c1-3-4-8-22(26)24-21-10-9-19(14-20(21)23(27)28)25-12-11-18(15-25)17-7-5-6-16(2)13-17/h5-7,9-10,13-14,18H,3-4,8,11-12,15H2,1-2H3,(H,24,26)(H,27,28). The number of benzene rings is 2. The van der Waals surface area contributed by atoms with Gasteiger partial charge in [0.15, 0.2) is 0 Å². The van der Waals surface area contributed by atoms with Gasteiger partial charge in [0.2, 0.25) is 5.91 Å². The summed E-state index contributed by atoms with van der Waals surface area (Å²) in [4.78, 5) is 26.0. The zero-order chi connectivity index (χ0) is 20.1. The zero-order valence-corrected chi connectivity index (χ0v) is 16.6. The van der Waals surface area contributed by atoms with Gasteiger partial charge in [-0.05, 0) is 43.5 Å². The van der Waals surface area contributed by atoms with E-state index in [-0.39, 0.29) is 11.5 Å². The van der Waals surface area contributed by atoms with Gasteiger partial charge in [-0.15, -0.1) is 0 Å². The van der Waals surface area contributed by atoms with Gasteiger partial charge in [0.05, 0.1) is 11.3 Å². The topological polar surface area (TPSA) is 69.6 Å². The maximum absolute atomic E-state index is 12.0. The van der Waals surface area contributed by atoms with Crippen LogP contribution in [-0.4, -0.2) is 30.1 Å². The average Bonchev–Trinajstić information content (AvgIpc) is 3.17. The number of aromatic carboxylic acids is 1. The number of carboxylic acid groups (broad SMARTS) is 1. The molecule has 1 fully saturated rings. The Kier molecular flexibility index (Phi) is 6.34. The summed E-state index contributed by atoms with van der Waals surface area (Å²) in [7, 11) is 0. The molecule has 0 aromatic heterocycles. The molecule has 2 aromatic carbocycles. The third-order valence-electron chi connectivity index (χ3n) is 5.33. The van der Waals surface area contributed by atoms with Crippen molar-refractivity contribution in [3.05, 3.63) is 59.2 Å². The number of carbonyl (C=O) groups is 2. The highest BCUT2D eigenvalue weighted by Gasteiger charge is 2.25. The summed E-state index contributed by atoms with van der Waals surface area (Å²) in [5, 5.41) is 12.4. The number of amides is 1. The lowest BCUT2D eigenvalue weighted by atomic mass is 9.97. The van der Waals surface area contributed by atoms with Crippen LogP contribution in [0.4, 0.5) is 11.4 Å². The Morgan fingerprint density at radius 2 is 2.04 bits per heavy atom. The van der Waals surface area contributed by atoms with Gasteiger partial charge in [-0.3, -0.25) is 4.79 Å². The molecule has 1 atom stereocenters. The highest BCUT2D eigenvalue weighted by molar-refractivity contribution is 6.01. The van der Waals surface area contributed by atoms with Crippen molar-refractivity contribution >= 4 is 23.3 Å². The van der Waals surface area contributed by atoms with E-state index in [4.69, 9.17) is 0 Å². The van der Waals surface area contributed by atoms with Crippen LogP contribution in [0.2, 0.25) is 0 Å². The van der Waals surface area contributed by atoms with Crippen LogP contribution in [0.15, 0.2) is 42.5 Å². The Morgan fingerprint density at radius 3 is 2.75 bits per heavy atom. The Hall–Kier alpha value is -2.82. The molecular weight excluding hydrogens is 352 g/mol. The van der Waals surface area contributed by atoms with Crippen LogP contribution < -0.4 is 10.2 Å². The fraction of sp³-hybridized carbons (Fsp3) is 0.391. The molecule has 1 amide bonds. The lowest BCUT2D eigenvalue weighted by Gasteiger charge is -2.20. The Balaban J connectivity index is 1.75. The summed E-state index contributed by atoms with van der Waals surface area (Å²) in [6.07, 6.45) is 3.17. The van der Waals surface area contributed by atoms with E-state index in [1.54, 1.807) is 12.1 Å². The Bertz CT molecular complexity index is 863. The molecule has 0 saturated carbocycles. The normalized spacial score (nSPS) is 16.2. The summed E-state index contributed by atoms with van der Waals surface area (Å²) in [5.74, 6) is -0.721. The molecule has 148 valence electrons. The number of nitrogens with zero attached hydrogens (tertiary/aromatic N) is 1. The molecule has 2 aromatic rings. The van der Waals surface area contributed by atoms with E-state index in [9.17, 15) is 14.7 Å². The summed E-state index contributed by atoms with van der Waals surface area (Å²) in [6.45, 7) is 5.87. The molecular formula is C23H28N2O3. The molecule has 1 aliphatic heterocycles. The van der Waals surface area contributed by atoms with E-state index in [0.717, 1.165) is 38.0 Å². The lowest BCUT2D eigenvalue weighted by Crippen LogP contribution is -2.20. The van der Waals surface area contributed by atoms with Crippen molar-refractivity contribution in [1.82, 2.24) is 0 Å². The van der Waals surface area contributed by atoms with Gasteiger partial charge in [0, 0.05) is 31.1 Å². The van der Waals surface area contributed by atoms with Gasteiger partial charge in [0.25, 0.3) is 0 Å². The maximum Gasteiger partial charge on any atom is 0.337 e. The van der Waals surface area contributed by atoms with Crippen molar-refractivity contribution < 1.29 is 14.7 Å². The number of carbonyl (C=O) groups excluding carboxylic acids is 1. The number of anilines is 2. The highest BCUT2D eigenvalue weighted by atomic mass is 16.4. The number of nitrogens with one attached hydrogen (secondary N) is 1. The molecule has 3 rings (SSSR count). The average molecular weight is 380 g/mol. The SMILES string of the molecule is CCCCC(=O)Nc1ccc(N2CCC(c3cccc(C)c3)C2)cc1C(=O)O. The van der Waals surface area contributed by atoms with Gasteiger partial charge >= 0.3 is 5.97 Å². The van der Waals surface area contributed by atoms with Gasteiger partial charge in [0.1, 0.15) is 0 Å². The van der Waals surface area contributed by atoms with Crippen LogP contribution in [0, 0.1) is 6.92 Å². The monoisotopic (exact) mass is 380 g/mol. The van der Waals surface area contributed by atoms with E-state index < -0.39 is 5.97 Å². The summed E-state index contributed by atoms with van der Waals surface area (Å²) >= 11 is 0. The molecule has 0 bridgehead atoms. The van der Waals surface area contributed by atoms with E-state index in [2.05, 4.69) is 41.4 Å². The highest BCUT2D eigenvalue weighted by Crippen LogP contribution is 2.33. The minimum atomic E-state index is -1.03. The van der Waals surface area contributed by atoms with Crippen molar-refractivity contribution in [1.29, 1.82) is 0 Å². The smallest absolute Gasteiger partial charge is 0.337 e. The third-order valence-corrected chi connectivity index (χ3v) is 5.33. The Morgan fingerprint density at radius 1 is 1.21 bits per heavy atom. The largest absolute Gasteiger partial charge is 0.478 e. The summed E-state index contributed by atoms with van der Waals surface area (Å²) in [6, 6.07) is 13.9. The van der Waals surface area contributed by atoms with Crippen LogP contribution in [0.1, 0.15) is 60.0 Å². The fourth-order valence-electron chi connectivity index (χ4n) is 3.76. The van der Waals surface area contributed by atoms with Gasteiger partial charge in [-0.25, -0.2) is 4.79 Å². The summed E-state index contributed by atoms with van der Waals surface area (Å²) in [5.41, 5.74) is 3.99. The van der Waals surface area contributed by atoms with Crippen molar-refractivity contribution in [3.8, 4) is 0 Å². The molecule has 5 heteroatoms. The predicted molar refractivity (Wildman–Crippen MR) is 112 cm³/mol. The molecule has 0 spiro atoms. The minimum Gasteiger partial charge on any atom is -0.478 e. The zero-order valence-electron chi connectivity index (χ0n) is 16.6. The molecule has 2 N–H and O–H groups in total. The first-order valence-electron chi connectivity index (χ1n) is 9.96. The first-order valence-corrected chi connectivity index (χ1v) is 9.96. The van der Waals surface area contributed by atoms with Crippen molar-refractivity contribution in [2.45, 2.75) is 45.4 Å². The number of unbranched alkanes of at least 4 members (excludes halogenated alkanes) is 1. The molecule has 28 heavy (non-hydrogen) atoms. The number of hydrogen-bond donors (Lipinski definition) is 2. The van der Waals surface area contributed by atoms with E-state index in [1.165, 1.54) is 11.1 Å². The van der Waals surface area contributed by atoms with Gasteiger partial charge < -0.3 is 15.3 Å². The molecule has 1 saturated heterocycles. The first-order chi connectivity index (χ1) is 13.5. The second-order valence-electron chi connectivity index (χ2n) is 7.53. The van der Waals surface area contributed by atoms with Crippen LogP contribution >= 0.6 is 0 Å². The van der Waals surface area contributed by atoms with Gasteiger partial charge in [-0.1, -0.05) is 43.2 Å². The molecule has 1 heterocycles. The van der Waals surface area contributed by atoms with E-state index in [0.29, 0.717) is 18.0 Å². The number of carboxylic acids is 1. The van der Waals surface area contributed by atoms with Crippen molar-refractivity contribution in [2.75, 3.05) is 23.3 Å². The molecule has 0 radical (unpaired) electrons. The molecule has 1 aliphatic rings. The van der Waals surface area contributed by atoms with Crippen LogP contribution in [-0.2, 0) is 4.79 Å². The van der Waals surface area contributed by atoms with Crippen LogP contribution in [0.3, 0.4) is 0 Å². The van der Waals surface area contributed by atoms with Crippen LogP contribution in [0.5, 0.6) is 0 Å². The minimum absolute atomic E-state index is 0.140. The van der Waals surface area contributed by atoms with E-state index in [1.807, 2.05) is 13.0 Å². The third kappa shape index (κ3) is 4.71. The second-order valence-corrected chi connectivity index (χ2v) is 7.53. The lowest BCUT2D eigenvalue weighted by molar-refractivity contribution is -0.116.